The largest absolute Gasteiger partial charge is 0.465 e. The van der Waals surface area contributed by atoms with Gasteiger partial charge in [-0.15, -0.1) is 0 Å². The third-order valence-corrected chi connectivity index (χ3v) is 7.50. The van der Waals surface area contributed by atoms with Crippen molar-refractivity contribution in [2.45, 2.75) is 43.3 Å². The first-order valence-corrected chi connectivity index (χ1v) is 11.4. The van der Waals surface area contributed by atoms with Crippen molar-refractivity contribution >= 4 is 11.7 Å². The number of hydrogen-bond donors (Lipinski definition) is 0. The Hall–Kier alpha value is -3.18. The van der Waals surface area contributed by atoms with Crippen molar-refractivity contribution in [3.8, 4) is 0 Å². The van der Waals surface area contributed by atoms with Crippen molar-refractivity contribution in [3.63, 3.8) is 0 Å². The first-order valence-electron chi connectivity index (χ1n) is 11.4. The monoisotopic (exact) mass is 445 g/mol. The lowest BCUT2D eigenvalue weighted by Crippen LogP contribution is -2.28. The summed E-state index contributed by atoms with van der Waals surface area (Å²) in [4.78, 5) is 14.2. The number of rotatable bonds is 7. The van der Waals surface area contributed by atoms with Crippen LogP contribution in [0.4, 0.5) is 10.1 Å². The zero-order valence-electron chi connectivity index (χ0n) is 19.1. The molecule has 170 valence electrons. The molecule has 4 nitrogen and oxygen atoms in total. The molecule has 2 fully saturated rings. The van der Waals surface area contributed by atoms with Crippen molar-refractivity contribution in [2.75, 3.05) is 19.1 Å². The van der Waals surface area contributed by atoms with Crippen molar-refractivity contribution in [1.82, 2.24) is 0 Å². The zero-order valence-corrected chi connectivity index (χ0v) is 19.1. The van der Waals surface area contributed by atoms with Gasteiger partial charge in [-0.05, 0) is 78.8 Å². The zero-order chi connectivity index (χ0) is 23.2. The predicted molar refractivity (Wildman–Crippen MR) is 127 cm³/mol. The minimum Gasteiger partial charge on any atom is -0.465 e. The van der Waals surface area contributed by atoms with Crippen LogP contribution in [0, 0.1) is 5.82 Å². The molecule has 0 N–H and O–H groups in total. The van der Waals surface area contributed by atoms with Gasteiger partial charge >= 0.3 is 5.97 Å². The molecule has 0 amide bonds. The molecule has 1 spiro atoms. The van der Waals surface area contributed by atoms with Crippen molar-refractivity contribution < 1.29 is 18.7 Å². The lowest BCUT2D eigenvalue weighted by Gasteiger charge is -2.29. The summed E-state index contributed by atoms with van der Waals surface area (Å²) in [6, 6.07) is 14.2. The second-order valence-electron chi connectivity index (χ2n) is 9.07. The Bertz CT molecular complexity index is 1180. The van der Waals surface area contributed by atoms with Gasteiger partial charge in [0.15, 0.2) is 0 Å². The third kappa shape index (κ3) is 3.42. The molecule has 0 aromatic heterocycles. The Morgan fingerprint density at radius 2 is 2.00 bits per heavy atom. The van der Waals surface area contributed by atoms with E-state index in [1.165, 1.54) is 24.8 Å². The minimum absolute atomic E-state index is 0.198. The normalized spacial score (nSPS) is 25.1. The molecule has 0 radical (unpaired) electrons. The van der Waals surface area contributed by atoms with Gasteiger partial charge in [-0.3, -0.25) is 0 Å². The molecule has 1 saturated heterocycles. The molecule has 5 heteroatoms. The van der Waals surface area contributed by atoms with E-state index in [0.717, 1.165) is 54.6 Å². The summed E-state index contributed by atoms with van der Waals surface area (Å²) in [5, 5.41) is 0. The van der Waals surface area contributed by atoms with Crippen LogP contribution in [0.5, 0.6) is 0 Å². The number of carbonyl (C=O) groups excluding carboxylic acids is 1. The molecule has 2 aromatic rings. The van der Waals surface area contributed by atoms with E-state index < -0.39 is 0 Å². The average molecular weight is 446 g/mol. The van der Waals surface area contributed by atoms with E-state index in [9.17, 15) is 9.18 Å². The van der Waals surface area contributed by atoms with Gasteiger partial charge in [0.2, 0.25) is 0 Å². The third-order valence-electron chi connectivity index (χ3n) is 7.50. The Labute approximate surface area is 194 Å². The quantitative estimate of drug-likeness (QED) is 0.402. The Kier molecular flexibility index (Phi) is 5.25. The number of aryl methyl sites for hydroxylation is 1. The fourth-order valence-corrected chi connectivity index (χ4v) is 5.63. The maximum absolute atomic E-state index is 13.4. The van der Waals surface area contributed by atoms with Gasteiger partial charge in [0.25, 0.3) is 0 Å². The van der Waals surface area contributed by atoms with Gasteiger partial charge < -0.3 is 14.4 Å². The maximum atomic E-state index is 13.4. The van der Waals surface area contributed by atoms with E-state index in [-0.39, 0.29) is 23.0 Å². The van der Waals surface area contributed by atoms with Gasteiger partial charge in [0.05, 0.1) is 12.7 Å². The van der Waals surface area contributed by atoms with E-state index in [2.05, 4.69) is 17.6 Å². The molecule has 1 aliphatic heterocycles. The molecule has 2 aliphatic carbocycles. The Balaban J connectivity index is 1.38. The van der Waals surface area contributed by atoms with Crippen LogP contribution in [0.25, 0.3) is 0 Å². The van der Waals surface area contributed by atoms with Crippen LogP contribution in [-0.4, -0.2) is 31.3 Å². The molecule has 33 heavy (non-hydrogen) atoms. The Morgan fingerprint density at radius 1 is 1.24 bits per heavy atom. The number of methoxy groups -OCH3 is 1. The molecule has 1 heterocycles. The molecule has 2 aromatic carbocycles. The van der Waals surface area contributed by atoms with Crippen molar-refractivity contribution in [1.29, 1.82) is 0 Å². The number of esters is 1. The van der Waals surface area contributed by atoms with Gasteiger partial charge in [0.1, 0.15) is 17.0 Å². The summed E-state index contributed by atoms with van der Waals surface area (Å²) in [7, 11) is 3.41. The first-order chi connectivity index (χ1) is 15.9. The fraction of sp³-hybridized carbons (Fsp3) is 0.321. The second kappa shape index (κ2) is 7.99. The number of benzene rings is 2. The number of hydrogen-bond acceptors (Lipinski definition) is 4. The van der Waals surface area contributed by atoms with Gasteiger partial charge in [-0.1, -0.05) is 30.9 Å². The molecule has 5 rings (SSSR count). The van der Waals surface area contributed by atoms with Crippen LogP contribution >= 0.6 is 0 Å². The number of carbonyl (C=O) groups is 1. The highest BCUT2D eigenvalue weighted by molar-refractivity contribution is 5.91. The second-order valence-corrected chi connectivity index (χ2v) is 9.07. The summed E-state index contributed by atoms with van der Waals surface area (Å²) in [5.41, 5.74) is 5.61. The number of ether oxygens (including phenoxy) is 2. The smallest absolute Gasteiger partial charge is 0.338 e. The van der Waals surface area contributed by atoms with Crippen LogP contribution < -0.4 is 4.90 Å². The number of anilines is 1. The highest BCUT2D eigenvalue weighted by Gasteiger charge is 2.74. The van der Waals surface area contributed by atoms with Gasteiger partial charge in [0, 0.05) is 24.9 Å². The number of likely N-dealkylation sites (N-methyl/N-ethyl adjacent to an activating group) is 1. The number of allylic oxidation sites excluding steroid dienone is 2. The van der Waals surface area contributed by atoms with Gasteiger partial charge in [-0.25, -0.2) is 9.18 Å². The number of nitrogens with zero attached hydrogens (tertiary/aromatic N) is 1. The summed E-state index contributed by atoms with van der Waals surface area (Å²) in [5.74, 6) is -0.545. The fourth-order valence-electron chi connectivity index (χ4n) is 5.63. The molecular weight excluding hydrogens is 417 g/mol. The van der Waals surface area contributed by atoms with E-state index in [4.69, 9.17) is 9.47 Å². The van der Waals surface area contributed by atoms with E-state index in [0.29, 0.717) is 5.56 Å². The summed E-state index contributed by atoms with van der Waals surface area (Å²) in [6.07, 6.45) is 8.50. The number of halogens is 1. The molecule has 2 atom stereocenters. The van der Waals surface area contributed by atoms with Crippen molar-refractivity contribution in [3.05, 3.63) is 101 Å². The molecule has 3 aliphatic rings. The number of epoxide rings is 1. The lowest BCUT2D eigenvalue weighted by molar-refractivity contribution is 0.0599. The average Bonchev–Trinajstić information content (AvgIpc) is 3.37. The molecular formula is C28H28FNO3. The highest BCUT2D eigenvalue weighted by Crippen LogP contribution is 2.68. The minimum atomic E-state index is -0.301. The topological polar surface area (TPSA) is 42.1 Å². The summed E-state index contributed by atoms with van der Waals surface area (Å²) >= 11 is 0. The molecule has 1 unspecified atom stereocenters. The standard InChI is InChI=1S/C28H28FNO3/c1-4-19-18-28-21(17-25(19)30(2)23-11-9-22(29)10-12-23)14-16-27(28,33-28)15-13-20-7-5-6-8-24(20)26(31)32-3/h4-12,17H,1,13-16,18H2,2-3H3/t27-,28?/m0/s1. The van der Waals surface area contributed by atoms with E-state index >= 15 is 0 Å². The van der Waals surface area contributed by atoms with Crippen LogP contribution in [0.15, 0.2) is 84.1 Å². The summed E-state index contributed by atoms with van der Waals surface area (Å²) < 4.78 is 24.9. The van der Waals surface area contributed by atoms with Crippen LogP contribution in [-0.2, 0) is 15.9 Å². The van der Waals surface area contributed by atoms with Gasteiger partial charge in [-0.2, -0.15) is 0 Å². The SMILES string of the molecule is C=CC1=C(N(C)c2ccc(F)cc2)C=C2CC[C@]3(CCc4ccccc4C(=O)OC)OC23C1. The van der Waals surface area contributed by atoms with Crippen LogP contribution in [0.2, 0.25) is 0 Å². The molecule has 0 bridgehead atoms. The maximum Gasteiger partial charge on any atom is 0.338 e. The molecule has 1 saturated carbocycles. The first kappa shape index (κ1) is 21.7. The van der Waals surface area contributed by atoms with E-state index in [1.807, 2.05) is 37.4 Å². The highest BCUT2D eigenvalue weighted by atomic mass is 19.1. The van der Waals surface area contributed by atoms with E-state index in [1.54, 1.807) is 12.1 Å². The predicted octanol–water partition coefficient (Wildman–Crippen LogP) is 5.75. The van der Waals surface area contributed by atoms with Crippen LogP contribution in [0.1, 0.15) is 41.6 Å². The summed E-state index contributed by atoms with van der Waals surface area (Å²) in [6.45, 7) is 4.06. The van der Waals surface area contributed by atoms with Crippen LogP contribution in [0.3, 0.4) is 0 Å². The lowest BCUT2D eigenvalue weighted by atomic mass is 9.80. The van der Waals surface area contributed by atoms with Crippen molar-refractivity contribution in [2.24, 2.45) is 0 Å². The Morgan fingerprint density at radius 3 is 2.73 bits per heavy atom.